The molecule has 0 aliphatic heterocycles. The molecule has 0 amide bonds. The molecule has 1 aromatic carbocycles. The highest BCUT2D eigenvalue weighted by Gasteiger charge is 2.09. The summed E-state index contributed by atoms with van der Waals surface area (Å²) >= 11 is 0. The number of carbonyl (C=O) groups excluding carboxylic acids is 1. The lowest BCUT2D eigenvalue weighted by molar-refractivity contribution is 0.0981. The molecule has 2 rings (SSSR count). The zero-order valence-corrected chi connectivity index (χ0v) is 11.3. The Bertz CT molecular complexity index is 561. The fraction of sp³-hybridized carbons (Fsp3) is 0.333. The van der Waals surface area contributed by atoms with E-state index in [2.05, 4.69) is 4.98 Å². The monoisotopic (exact) mass is 258 g/mol. The standard InChI is InChI=1S/C15H18N2O2/c1-3-19-13-6-4-5-12(11-13)14(18)7-8-15-16-9-10-17(15)2/h4-6,9-11H,3,7-8H2,1-2H3. The summed E-state index contributed by atoms with van der Waals surface area (Å²) in [5.74, 6) is 1.78. The predicted octanol–water partition coefficient (Wildman–Crippen LogP) is 2.63. The number of rotatable bonds is 6. The largest absolute Gasteiger partial charge is 0.494 e. The quantitative estimate of drug-likeness (QED) is 0.748. The fourth-order valence-electron chi connectivity index (χ4n) is 1.93. The lowest BCUT2D eigenvalue weighted by Gasteiger charge is -2.05. The second-order valence-corrected chi connectivity index (χ2v) is 4.34. The van der Waals surface area contributed by atoms with E-state index in [0.29, 0.717) is 25.0 Å². The number of aromatic nitrogens is 2. The Hall–Kier alpha value is -2.10. The van der Waals surface area contributed by atoms with E-state index < -0.39 is 0 Å². The van der Waals surface area contributed by atoms with Crippen molar-refractivity contribution in [3.63, 3.8) is 0 Å². The topological polar surface area (TPSA) is 44.1 Å². The molecule has 1 heterocycles. The van der Waals surface area contributed by atoms with E-state index in [1.807, 2.05) is 42.9 Å². The van der Waals surface area contributed by atoms with Crippen LogP contribution in [0.5, 0.6) is 5.75 Å². The molecular weight excluding hydrogens is 240 g/mol. The molecule has 0 spiro atoms. The van der Waals surface area contributed by atoms with E-state index in [1.165, 1.54) is 0 Å². The highest BCUT2D eigenvalue weighted by molar-refractivity contribution is 5.96. The van der Waals surface area contributed by atoms with Crippen molar-refractivity contribution in [1.29, 1.82) is 0 Å². The van der Waals surface area contributed by atoms with Gasteiger partial charge >= 0.3 is 0 Å². The van der Waals surface area contributed by atoms with Crippen LogP contribution in [-0.2, 0) is 13.5 Å². The number of Topliss-reactive ketones (excluding diaryl/α,β-unsaturated/α-hetero) is 1. The fourth-order valence-corrected chi connectivity index (χ4v) is 1.93. The molecule has 0 aliphatic carbocycles. The maximum absolute atomic E-state index is 12.1. The van der Waals surface area contributed by atoms with Crippen molar-refractivity contribution >= 4 is 5.78 Å². The van der Waals surface area contributed by atoms with Gasteiger partial charge in [0.15, 0.2) is 5.78 Å². The summed E-state index contributed by atoms with van der Waals surface area (Å²) in [5.41, 5.74) is 0.695. The molecule has 0 atom stereocenters. The maximum atomic E-state index is 12.1. The molecule has 0 fully saturated rings. The Morgan fingerprint density at radius 2 is 2.26 bits per heavy atom. The van der Waals surface area contributed by atoms with Gasteiger partial charge in [-0.15, -0.1) is 0 Å². The van der Waals surface area contributed by atoms with Gasteiger partial charge in [0, 0.05) is 37.8 Å². The van der Waals surface area contributed by atoms with Crippen molar-refractivity contribution in [2.24, 2.45) is 7.05 Å². The average molecular weight is 258 g/mol. The Morgan fingerprint density at radius 1 is 1.42 bits per heavy atom. The third kappa shape index (κ3) is 3.44. The Labute approximate surface area is 113 Å². The zero-order valence-electron chi connectivity index (χ0n) is 11.3. The molecule has 100 valence electrons. The second-order valence-electron chi connectivity index (χ2n) is 4.34. The van der Waals surface area contributed by atoms with Crippen LogP contribution in [0.25, 0.3) is 0 Å². The SMILES string of the molecule is CCOc1cccc(C(=O)CCc2nccn2C)c1. The van der Waals surface area contributed by atoms with Gasteiger partial charge in [0.2, 0.25) is 0 Å². The summed E-state index contributed by atoms with van der Waals surface area (Å²) in [5, 5.41) is 0. The molecule has 0 saturated heterocycles. The normalized spacial score (nSPS) is 10.4. The van der Waals surface area contributed by atoms with Gasteiger partial charge in [-0.25, -0.2) is 4.98 Å². The van der Waals surface area contributed by atoms with E-state index in [4.69, 9.17) is 4.74 Å². The summed E-state index contributed by atoms with van der Waals surface area (Å²) in [6.45, 7) is 2.53. The third-order valence-electron chi connectivity index (χ3n) is 2.96. The smallest absolute Gasteiger partial charge is 0.163 e. The first-order valence-corrected chi connectivity index (χ1v) is 6.43. The van der Waals surface area contributed by atoms with E-state index >= 15 is 0 Å². The van der Waals surface area contributed by atoms with Gasteiger partial charge in [-0.1, -0.05) is 12.1 Å². The predicted molar refractivity (Wildman–Crippen MR) is 73.5 cm³/mol. The number of aryl methyl sites for hydroxylation is 2. The summed E-state index contributed by atoms with van der Waals surface area (Å²) in [6.07, 6.45) is 4.74. The average Bonchev–Trinajstić information content (AvgIpc) is 2.82. The number of benzene rings is 1. The highest BCUT2D eigenvalue weighted by Crippen LogP contribution is 2.15. The second kappa shape index (κ2) is 6.18. The van der Waals surface area contributed by atoms with Gasteiger partial charge in [0.25, 0.3) is 0 Å². The highest BCUT2D eigenvalue weighted by atomic mass is 16.5. The van der Waals surface area contributed by atoms with Crippen molar-refractivity contribution in [1.82, 2.24) is 9.55 Å². The first kappa shape index (κ1) is 13.3. The molecule has 0 N–H and O–H groups in total. The summed E-state index contributed by atoms with van der Waals surface area (Å²) in [7, 11) is 1.93. The summed E-state index contributed by atoms with van der Waals surface area (Å²) in [4.78, 5) is 16.3. The van der Waals surface area contributed by atoms with Crippen LogP contribution in [-0.4, -0.2) is 21.9 Å². The number of imidazole rings is 1. The van der Waals surface area contributed by atoms with Crippen LogP contribution in [0.3, 0.4) is 0 Å². The molecule has 0 bridgehead atoms. The van der Waals surface area contributed by atoms with E-state index in [9.17, 15) is 4.79 Å². The third-order valence-corrected chi connectivity index (χ3v) is 2.96. The van der Waals surface area contributed by atoms with Gasteiger partial charge < -0.3 is 9.30 Å². The van der Waals surface area contributed by atoms with Crippen LogP contribution in [0.15, 0.2) is 36.7 Å². The molecule has 0 saturated carbocycles. The van der Waals surface area contributed by atoms with Crippen molar-refractivity contribution in [3.05, 3.63) is 48.0 Å². The van der Waals surface area contributed by atoms with Gasteiger partial charge in [0.05, 0.1) is 6.61 Å². The number of hydrogen-bond donors (Lipinski definition) is 0. The van der Waals surface area contributed by atoms with Crippen molar-refractivity contribution in [2.75, 3.05) is 6.61 Å². The van der Waals surface area contributed by atoms with Crippen LogP contribution >= 0.6 is 0 Å². The van der Waals surface area contributed by atoms with Crippen LogP contribution in [0.4, 0.5) is 0 Å². The Kier molecular flexibility index (Phi) is 4.34. The first-order valence-electron chi connectivity index (χ1n) is 6.43. The molecule has 0 radical (unpaired) electrons. The van der Waals surface area contributed by atoms with Crippen LogP contribution < -0.4 is 4.74 Å². The molecule has 0 unspecified atom stereocenters. The van der Waals surface area contributed by atoms with Gasteiger partial charge in [0.1, 0.15) is 11.6 Å². The molecule has 1 aromatic heterocycles. The lowest BCUT2D eigenvalue weighted by atomic mass is 10.1. The van der Waals surface area contributed by atoms with Crippen LogP contribution in [0.1, 0.15) is 29.5 Å². The van der Waals surface area contributed by atoms with Gasteiger partial charge in [-0.05, 0) is 19.1 Å². The molecule has 4 heteroatoms. The van der Waals surface area contributed by atoms with E-state index in [1.54, 1.807) is 12.3 Å². The lowest BCUT2D eigenvalue weighted by Crippen LogP contribution is -2.05. The Morgan fingerprint density at radius 3 is 2.95 bits per heavy atom. The number of carbonyl (C=O) groups is 1. The Balaban J connectivity index is 2.00. The molecule has 2 aromatic rings. The molecule has 19 heavy (non-hydrogen) atoms. The van der Waals surface area contributed by atoms with Crippen LogP contribution in [0.2, 0.25) is 0 Å². The summed E-state index contributed by atoms with van der Waals surface area (Å²) < 4.78 is 7.33. The van der Waals surface area contributed by atoms with Gasteiger partial charge in [-0.3, -0.25) is 4.79 Å². The van der Waals surface area contributed by atoms with Crippen molar-refractivity contribution < 1.29 is 9.53 Å². The molecule has 0 aliphatic rings. The maximum Gasteiger partial charge on any atom is 0.163 e. The number of nitrogens with zero attached hydrogens (tertiary/aromatic N) is 2. The van der Waals surface area contributed by atoms with Crippen LogP contribution in [0, 0.1) is 0 Å². The summed E-state index contributed by atoms with van der Waals surface area (Å²) in [6, 6.07) is 7.32. The first-order chi connectivity index (χ1) is 9.20. The van der Waals surface area contributed by atoms with E-state index in [-0.39, 0.29) is 5.78 Å². The van der Waals surface area contributed by atoms with E-state index in [0.717, 1.165) is 11.6 Å². The minimum atomic E-state index is 0.115. The minimum Gasteiger partial charge on any atom is -0.494 e. The van der Waals surface area contributed by atoms with Crippen molar-refractivity contribution in [3.8, 4) is 5.75 Å². The number of ketones is 1. The number of hydrogen-bond acceptors (Lipinski definition) is 3. The number of ether oxygens (including phenoxy) is 1. The minimum absolute atomic E-state index is 0.115. The zero-order chi connectivity index (χ0) is 13.7. The molecule has 4 nitrogen and oxygen atoms in total. The van der Waals surface area contributed by atoms with Crippen molar-refractivity contribution in [2.45, 2.75) is 19.8 Å². The van der Waals surface area contributed by atoms with Gasteiger partial charge in [-0.2, -0.15) is 0 Å². The molecular formula is C15H18N2O2.